The first-order chi connectivity index (χ1) is 18.8. The highest BCUT2D eigenvalue weighted by Gasteiger charge is 2.56. The molecule has 3 aliphatic heterocycles. The summed E-state index contributed by atoms with van der Waals surface area (Å²) in [6, 6.07) is -1.23. The van der Waals surface area contributed by atoms with Gasteiger partial charge in [0, 0.05) is 35.8 Å². The van der Waals surface area contributed by atoms with Gasteiger partial charge in [-0.15, -0.1) is 23.1 Å². The van der Waals surface area contributed by atoms with Crippen LogP contribution in [0.2, 0.25) is 0 Å². The Hall–Kier alpha value is -3.89. The summed E-state index contributed by atoms with van der Waals surface area (Å²) in [5.41, 5.74) is 3.75. The summed E-state index contributed by atoms with van der Waals surface area (Å²) < 4.78 is 5.98. The lowest BCUT2D eigenvalue weighted by Gasteiger charge is -2.51. The minimum atomic E-state index is -1.77. The minimum absolute atomic E-state index is 0.00504. The lowest BCUT2D eigenvalue weighted by molar-refractivity contribution is -0.192. The van der Waals surface area contributed by atoms with Crippen molar-refractivity contribution < 1.29 is 39.0 Å². The number of nitrogens with two attached hydrogens (primary N) is 1. The Kier molecular flexibility index (Phi) is 8.23. The van der Waals surface area contributed by atoms with Gasteiger partial charge in [-0.2, -0.15) is 0 Å². The fraction of sp³-hybridized carbons (Fsp3) is 0.417. The number of nitrogen functional groups attached to an aromatic ring is 1. The van der Waals surface area contributed by atoms with E-state index in [1.54, 1.807) is 6.92 Å². The summed E-state index contributed by atoms with van der Waals surface area (Å²) >= 11 is 2.45. The fourth-order valence-corrected chi connectivity index (χ4v) is 5.47. The largest absolute Gasteiger partial charge is 0.478 e. The molecule has 0 unspecified atom stereocenters. The van der Waals surface area contributed by atoms with Crippen LogP contribution >= 0.6 is 23.1 Å². The Bertz CT molecular complexity index is 1370. The van der Waals surface area contributed by atoms with E-state index >= 15 is 0 Å². The molecule has 1 aromatic rings. The van der Waals surface area contributed by atoms with Crippen molar-refractivity contribution in [3.63, 3.8) is 0 Å². The number of allylic oxidation sites excluding steroid dienone is 1. The van der Waals surface area contributed by atoms with Crippen LogP contribution in [0.15, 0.2) is 45.1 Å². The summed E-state index contributed by atoms with van der Waals surface area (Å²) in [7, 11) is 1.94. The monoisotopic (exact) mass is 592 g/mol. The molecule has 0 saturated carbocycles. The van der Waals surface area contributed by atoms with Gasteiger partial charge in [-0.25, -0.2) is 14.6 Å². The number of thioether (sulfide) groups is 1. The zero-order valence-corrected chi connectivity index (χ0v) is 23.6. The van der Waals surface area contributed by atoms with Crippen molar-refractivity contribution in [3.05, 3.63) is 45.6 Å². The lowest BCUT2D eigenvalue weighted by Crippen LogP contribution is -2.74. The number of carboxylic acids is 2. The number of aromatic nitrogens is 1. The van der Waals surface area contributed by atoms with Crippen molar-refractivity contribution in [2.24, 2.45) is 5.16 Å². The highest BCUT2D eigenvalue weighted by atomic mass is 32.2. The van der Waals surface area contributed by atoms with Gasteiger partial charge in [0.15, 0.2) is 23.1 Å². The molecule has 4 rings (SSSR count). The van der Waals surface area contributed by atoms with Gasteiger partial charge in [0.2, 0.25) is 5.60 Å². The SMILES string of the molecule is C[C@@H]1O[C@@H]2[C@H](NC(=O)C(=NOC(C)(C)C(=O)O)c3csc(N)n3)C(=O)N2C(C(=O)O)=C1CSC1=CCN(C)C=C1. The first-order valence-corrected chi connectivity index (χ1v) is 13.8. The molecule has 0 radical (unpaired) electrons. The normalized spacial score (nSPS) is 22.9. The predicted octanol–water partition coefficient (Wildman–Crippen LogP) is 0.796. The van der Waals surface area contributed by atoms with Crippen LogP contribution in [0, 0.1) is 0 Å². The molecular weight excluding hydrogens is 564 g/mol. The van der Waals surface area contributed by atoms with Crippen LogP contribution in [0.3, 0.4) is 0 Å². The Balaban J connectivity index is 1.53. The summed E-state index contributed by atoms with van der Waals surface area (Å²) in [6.07, 6.45) is 4.12. The van der Waals surface area contributed by atoms with Crippen molar-refractivity contribution in [2.75, 3.05) is 25.1 Å². The zero-order chi connectivity index (χ0) is 29.4. The Labute approximate surface area is 237 Å². The molecule has 3 atom stereocenters. The molecule has 4 heterocycles. The summed E-state index contributed by atoms with van der Waals surface area (Å²) in [4.78, 5) is 63.1. The van der Waals surface area contributed by atoms with E-state index in [1.165, 1.54) is 31.0 Å². The van der Waals surface area contributed by atoms with Crippen LogP contribution in [-0.2, 0) is 28.8 Å². The van der Waals surface area contributed by atoms with Crippen LogP contribution in [0.4, 0.5) is 5.13 Å². The summed E-state index contributed by atoms with van der Waals surface area (Å²) in [5, 5.41) is 27.0. The first-order valence-electron chi connectivity index (χ1n) is 12.0. The number of fused-ring (bicyclic) bond motifs is 1. The van der Waals surface area contributed by atoms with Gasteiger partial charge in [0.1, 0.15) is 11.4 Å². The van der Waals surface area contributed by atoms with Gasteiger partial charge < -0.3 is 35.7 Å². The maximum atomic E-state index is 13.2. The molecule has 0 aromatic carbocycles. The van der Waals surface area contributed by atoms with E-state index in [2.05, 4.69) is 15.5 Å². The number of carboxylic acid groups (broad SMARTS) is 2. The van der Waals surface area contributed by atoms with Gasteiger partial charge in [0.25, 0.3) is 11.8 Å². The number of amides is 2. The molecule has 214 valence electrons. The average Bonchev–Trinajstić information content (AvgIpc) is 3.32. The minimum Gasteiger partial charge on any atom is -0.478 e. The summed E-state index contributed by atoms with van der Waals surface area (Å²) in [6.45, 7) is 4.89. The number of oxime groups is 1. The number of aliphatic carboxylic acids is 2. The lowest BCUT2D eigenvalue weighted by atomic mass is 9.96. The zero-order valence-electron chi connectivity index (χ0n) is 22.0. The number of anilines is 1. The molecule has 1 aromatic heterocycles. The number of hydrogen-bond acceptors (Lipinski definition) is 12. The van der Waals surface area contributed by atoms with E-state index < -0.39 is 53.4 Å². The number of likely N-dealkylation sites (N-methyl/N-ethyl adjacent to an activating group) is 1. The molecule has 40 heavy (non-hydrogen) atoms. The van der Waals surface area contributed by atoms with Crippen LogP contribution in [0.25, 0.3) is 0 Å². The van der Waals surface area contributed by atoms with Gasteiger partial charge in [-0.1, -0.05) is 11.2 Å². The van der Waals surface area contributed by atoms with E-state index in [4.69, 9.17) is 15.3 Å². The number of nitrogens with one attached hydrogen (secondary N) is 1. The van der Waals surface area contributed by atoms with Crippen LogP contribution in [-0.4, -0.2) is 97.8 Å². The van der Waals surface area contributed by atoms with E-state index in [0.29, 0.717) is 5.57 Å². The third-order valence-corrected chi connectivity index (χ3v) is 8.00. The van der Waals surface area contributed by atoms with Crippen LogP contribution in [0.1, 0.15) is 26.5 Å². The maximum Gasteiger partial charge on any atom is 0.352 e. The quantitative estimate of drug-likeness (QED) is 0.170. The third kappa shape index (κ3) is 5.83. The predicted molar refractivity (Wildman–Crippen MR) is 146 cm³/mol. The van der Waals surface area contributed by atoms with Crippen molar-refractivity contribution in [2.45, 2.75) is 44.7 Å². The molecule has 0 spiro atoms. The highest BCUT2D eigenvalue weighted by molar-refractivity contribution is 8.03. The second kappa shape index (κ2) is 11.3. The number of thiazole rings is 1. The molecule has 5 N–H and O–H groups in total. The number of ether oxygens (including phenoxy) is 1. The smallest absolute Gasteiger partial charge is 0.352 e. The van der Waals surface area contributed by atoms with E-state index in [1.807, 2.05) is 30.3 Å². The number of β-lactam (4-membered cyclic amide) rings is 1. The number of carbonyl (C=O) groups is 4. The van der Waals surface area contributed by atoms with E-state index in [-0.39, 0.29) is 22.3 Å². The Morgan fingerprint density at radius 1 is 1.38 bits per heavy atom. The molecule has 16 heteroatoms. The van der Waals surface area contributed by atoms with Gasteiger partial charge in [-0.05, 0) is 32.4 Å². The van der Waals surface area contributed by atoms with Crippen LogP contribution in [0.5, 0.6) is 0 Å². The second-order valence-corrected chi connectivity index (χ2v) is 11.5. The molecule has 0 bridgehead atoms. The molecule has 1 fully saturated rings. The van der Waals surface area contributed by atoms with Gasteiger partial charge >= 0.3 is 11.9 Å². The molecule has 0 aliphatic carbocycles. The number of nitrogens with zero attached hydrogens (tertiary/aromatic N) is 4. The molecule has 2 amide bonds. The Morgan fingerprint density at radius 3 is 2.67 bits per heavy atom. The van der Waals surface area contributed by atoms with Gasteiger partial charge in [-0.3, -0.25) is 14.5 Å². The molecular formula is C24H28N6O8S2. The van der Waals surface area contributed by atoms with Gasteiger partial charge in [0.05, 0.1) is 6.10 Å². The number of rotatable bonds is 10. The number of hydrogen-bond donors (Lipinski definition) is 4. The van der Waals surface area contributed by atoms with Crippen molar-refractivity contribution >= 4 is 57.7 Å². The topological polar surface area (TPSA) is 197 Å². The summed E-state index contributed by atoms with van der Waals surface area (Å²) in [5.74, 6) is -3.93. The maximum absolute atomic E-state index is 13.2. The molecule has 1 saturated heterocycles. The molecule has 14 nitrogen and oxygen atoms in total. The van der Waals surface area contributed by atoms with E-state index in [9.17, 15) is 29.4 Å². The van der Waals surface area contributed by atoms with Crippen molar-refractivity contribution in [1.29, 1.82) is 0 Å². The second-order valence-electron chi connectivity index (χ2n) is 9.58. The first kappa shape index (κ1) is 29.1. The van der Waals surface area contributed by atoms with Crippen molar-refractivity contribution in [3.8, 4) is 0 Å². The Morgan fingerprint density at radius 2 is 2.10 bits per heavy atom. The number of carbonyl (C=O) groups excluding carboxylic acids is 2. The van der Waals surface area contributed by atoms with Crippen LogP contribution < -0.4 is 11.1 Å². The standard InChI is InChI=1S/C24H28N6O8S2/c1-11-13(9-39-12-5-7-29(4)8-6-12)17(21(33)34)30-19(32)16(20(30)37-11)27-18(31)15(14-10-40-23(25)26-14)28-38-24(2,3)22(35)36/h5-7,10-11,16,20H,8-9H2,1-4H3,(H2,25,26)(H,27,31)(H,33,34)(H,35,36)/t11-,16+,20+/m0/s1. The highest BCUT2D eigenvalue weighted by Crippen LogP contribution is 2.38. The van der Waals surface area contributed by atoms with E-state index in [0.717, 1.165) is 27.7 Å². The molecule has 3 aliphatic rings. The fourth-order valence-electron chi connectivity index (χ4n) is 3.88. The third-order valence-electron chi connectivity index (χ3n) is 6.24. The van der Waals surface area contributed by atoms with Crippen molar-refractivity contribution in [1.82, 2.24) is 20.1 Å². The average molecular weight is 593 g/mol.